The minimum atomic E-state index is -0.184. The van der Waals surface area contributed by atoms with Crippen LogP contribution in [0.1, 0.15) is 75.1 Å². The van der Waals surface area contributed by atoms with E-state index in [-0.39, 0.29) is 13.5 Å². The number of nitrogen functional groups attached to an aromatic ring is 1. The van der Waals surface area contributed by atoms with Crippen LogP contribution < -0.4 is 15.4 Å². The Morgan fingerprint density at radius 2 is 1.85 bits per heavy atom. The van der Waals surface area contributed by atoms with Gasteiger partial charge in [-0.05, 0) is 32.6 Å². The van der Waals surface area contributed by atoms with Gasteiger partial charge < -0.3 is 20.1 Å². The molecule has 0 amide bonds. The van der Waals surface area contributed by atoms with Gasteiger partial charge in [0.2, 0.25) is 5.88 Å². The highest BCUT2D eigenvalue weighted by Gasteiger charge is 2.10. The minimum absolute atomic E-state index is 0. The van der Waals surface area contributed by atoms with Gasteiger partial charge in [-0.3, -0.25) is 4.79 Å². The molecule has 2 N–H and O–H groups in total. The van der Waals surface area contributed by atoms with Gasteiger partial charge in [0, 0.05) is 38.8 Å². The largest absolute Gasteiger partial charge is 0.478 e. The standard InChI is InChI=1S/C19H33N3O3.C2H6.H2/c1-5-10-22(11-6-2)16-13-17(20)21-18(14-16)24-12-8-9-19(23)25-15(4)7-3;1-2;/h13-15H,5-12H2,1-4H3,(H2,20,21);1-2H3;1H. The van der Waals surface area contributed by atoms with Gasteiger partial charge in [-0.25, -0.2) is 0 Å². The highest BCUT2D eigenvalue weighted by Crippen LogP contribution is 2.23. The van der Waals surface area contributed by atoms with Crippen LogP contribution in [0.2, 0.25) is 0 Å². The lowest BCUT2D eigenvalue weighted by molar-refractivity contribution is -0.148. The second kappa shape index (κ2) is 15.1. The molecule has 0 aromatic carbocycles. The van der Waals surface area contributed by atoms with E-state index >= 15 is 0 Å². The normalized spacial score (nSPS) is 11.2. The van der Waals surface area contributed by atoms with Crippen LogP contribution >= 0.6 is 0 Å². The summed E-state index contributed by atoms with van der Waals surface area (Å²) < 4.78 is 10.9. The minimum Gasteiger partial charge on any atom is -0.478 e. The third kappa shape index (κ3) is 10.7. The molecule has 0 saturated heterocycles. The van der Waals surface area contributed by atoms with Crippen LogP contribution in [0.3, 0.4) is 0 Å². The van der Waals surface area contributed by atoms with E-state index in [4.69, 9.17) is 15.2 Å². The van der Waals surface area contributed by atoms with Crippen molar-refractivity contribution < 1.29 is 15.7 Å². The van der Waals surface area contributed by atoms with Gasteiger partial charge in [-0.2, -0.15) is 4.98 Å². The van der Waals surface area contributed by atoms with E-state index in [9.17, 15) is 4.79 Å². The highest BCUT2D eigenvalue weighted by atomic mass is 16.5. The molecule has 27 heavy (non-hydrogen) atoms. The topological polar surface area (TPSA) is 77.7 Å². The van der Waals surface area contributed by atoms with Crippen LogP contribution in [0, 0.1) is 0 Å². The van der Waals surface area contributed by atoms with Crippen LogP contribution in [0.15, 0.2) is 12.1 Å². The second-order valence-electron chi connectivity index (χ2n) is 6.24. The van der Waals surface area contributed by atoms with Crippen molar-refractivity contribution in [3.63, 3.8) is 0 Å². The van der Waals surface area contributed by atoms with Crippen molar-refractivity contribution in [1.82, 2.24) is 4.98 Å². The first-order valence-electron chi connectivity index (χ1n) is 10.3. The Labute approximate surface area is 166 Å². The smallest absolute Gasteiger partial charge is 0.306 e. The number of carbonyl (C=O) groups is 1. The first-order chi connectivity index (χ1) is 13.0. The molecule has 1 heterocycles. The first kappa shape index (κ1) is 25.0. The molecular formula is C21H41N3O3. The fraction of sp³-hybridized carbons (Fsp3) is 0.714. The van der Waals surface area contributed by atoms with Gasteiger partial charge in [-0.15, -0.1) is 0 Å². The maximum atomic E-state index is 11.6. The predicted molar refractivity (Wildman–Crippen MR) is 115 cm³/mol. The van der Waals surface area contributed by atoms with E-state index in [1.54, 1.807) is 0 Å². The van der Waals surface area contributed by atoms with E-state index in [0.717, 1.165) is 38.0 Å². The molecule has 1 rings (SSSR count). The van der Waals surface area contributed by atoms with Crippen molar-refractivity contribution in [2.24, 2.45) is 0 Å². The zero-order valence-corrected chi connectivity index (χ0v) is 18.1. The van der Waals surface area contributed by atoms with Crippen LogP contribution in [0.25, 0.3) is 0 Å². The van der Waals surface area contributed by atoms with Gasteiger partial charge in [-0.1, -0.05) is 34.6 Å². The van der Waals surface area contributed by atoms with Crippen molar-refractivity contribution >= 4 is 17.5 Å². The molecule has 6 heteroatoms. The number of carbonyl (C=O) groups excluding carboxylic acids is 1. The summed E-state index contributed by atoms with van der Waals surface area (Å²) in [5, 5.41) is 0. The molecule has 0 fully saturated rings. The zero-order chi connectivity index (χ0) is 20.7. The third-order valence-electron chi connectivity index (χ3n) is 3.84. The number of pyridine rings is 1. The number of rotatable bonds is 12. The molecule has 1 atom stereocenters. The Morgan fingerprint density at radius 1 is 1.22 bits per heavy atom. The molecule has 158 valence electrons. The number of nitrogens with two attached hydrogens (primary N) is 1. The molecule has 0 radical (unpaired) electrons. The predicted octanol–water partition coefficient (Wildman–Crippen LogP) is 5.06. The van der Waals surface area contributed by atoms with Crippen molar-refractivity contribution in [3.05, 3.63) is 12.1 Å². The molecule has 1 unspecified atom stereocenters. The van der Waals surface area contributed by atoms with Crippen LogP contribution in [-0.4, -0.2) is 36.8 Å². The molecule has 0 aliphatic carbocycles. The summed E-state index contributed by atoms with van der Waals surface area (Å²) in [6, 6.07) is 3.79. The molecule has 1 aromatic heterocycles. The third-order valence-corrected chi connectivity index (χ3v) is 3.84. The summed E-state index contributed by atoms with van der Waals surface area (Å²) >= 11 is 0. The molecule has 0 aliphatic rings. The Hall–Kier alpha value is -1.98. The Kier molecular flexibility index (Phi) is 14.0. The van der Waals surface area contributed by atoms with Crippen molar-refractivity contribution in [3.8, 4) is 5.88 Å². The fourth-order valence-corrected chi connectivity index (χ4v) is 2.44. The number of aromatic nitrogens is 1. The number of ether oxygens (including phenoxy) is 2. The van der Waals surface area contributed by atoms with Crippen LogP contribution in [0.4, 0.5) is 11.5 Å². The first-order valence-corrected chi connectivity index (χ1v) is 10.3. The van der Waals surface area contributed by atoms with Crippen LogP contribution in [0.5, 0.6) is 5.88 Å². The van der Waals surface area contributed by atoms with Gasteiger partial charge in [0.25, 0.3) is 0 Å². The maximum Gasteiger partial charge on any atom is 0.306 e. The molecule has 0 aliphatic heterocycles. The lowest BCUT2D eigenvalue weighted by Crippen LogP contribution is -2.25. The van der Waals surface area contributed by atoms with Crippen molar-refractivity contribution in [2.45, 2.75) is 79.8 Å². The van der Waals surface area contributed by atoms with Crippen molar-refractivity contribution in [1.29, 1.82) is 0 Å². The summed E-state index contributed by atoms with van der Waals surface area (Å²) in [6.07, 6.45) is 3.86. The second-order valence-corrected chi connectivity index (χ2v) is 6.24. The average Bonchev–Trinajstić information content (AvgIpc) is 2.66. The summed E-state index contributed by atoms with van der Waals surface area (Å²) in [5.74, 6) is 0.764. The molecule has 0 saturated carbocycles. The van der Waals surface area contributed by atoms with Gasteiger partial charge in [0.15, 0.2) is 0 Å². The number of nitrogens with zero attached hydrogens (tertiary/aromatic N) is 2. The summed E-state index contributed by atoms with van der Waals surface area (Å²) in [6.45, 7) is 14.5. The van der Waals surface area contributed by atoms with Gasteiger partial charge >= 0.3 is 5.97 Å². The lowest BCUT2D eigenvalue weighted by atomic mass is 10.3. The van der Waals surface area contributed by atoms with E-state index in [0.29, 0.717) is 31.1 Å². The average molecular weight is 384 g/mol. The molecule has 0 bridgehead atoms. The molecular weight excluding hydrogens is 342 g/mol. The monoisotopic (exact) mass is 383 g/mol. The number of anilines is 2. The maximum absolute atomic E-state index is 11.6. The van der Waals surface area contributed by atoms with E-state index < -0.39 is 0 Å². The zero-order valence-electron chi connectivity index (χ0n) is 18.1. The van der Waals surface area contributed by atoms with E-state index in [1.165, 1.54) is 0 Å². The Morgan fingerprint density at radius 3 is 2.41 bits per heavy atom. The van der Waals surface area contributed by atoms with E-state index in [1.807, 2.05) is 39.8 Å². The molecule has 6 nitrogen and oxygen atoms in total. The summed E-state index contributed by atoms with van der Waals surface area (Å²) in [7, 11) is 0. The van der Waals surface area contributed by atoms with Gasteiger partial charge in [0.05, 0.1) is 12.7 Å². The summed E-state index contributed by atoms with van der Waals surface area (Å²) in [5.41, 5.74) is 6.95. The summed E-state index contributed by atoms with van der Waals surface area (Å²) in [4.78, 5) is 18.2. The fourth-order valence-electron chi connectivity index (χ4n) is 2.44. The number of hydrogen-bond donors (Lipinski definition) is 1. The quantitative estimate of drug-likeness (QED) is 0.401. The lowest BCUT2D eigenvalue weighted by Gasteiger charge is -2.24. The number of esters is 1. The molecule has 1 aromatic rings. The van der Waals surface area contributed by atoms with Crippen LogP contribution in [-0.2, 0) is 9.53 Å². The Bertz CT molecular complexity index is 524. The van der Waals surface area contributed by atoms with Crippen molar-refractivity contribution in [2.75, 3.05) is 30.3 Å². The highest BCUT2D eigenvalue weighted by molar-refractivity contribution is 5.69. The number of hydrogen-bond acceptors (Lipinski definition) is 6. The van der Waals surface area contributed by atoms with E-state index in [2.05, 4.69) is 23.7 Å². The SMILES string of the molecule is CC.CCCN(CCC)c1cc(N)nc(OCCCC(=O)OC(C)CC)c1.[HH]. The van der Waals surface area contributed by atoms with Gasteiger partial charge in [0.1, 0.15) is 5.82 Å². The molecule has 0 spiro atoms. The Balaban J connectivity index is 0.